The van der Waals surface area contributed by atoms with Gasteiger partial charge in [0.2, 0.25) is 5.75 Å². The van der Waals surface area contributed by atoms with Gasteiger partial charge in [-0.05, 0) is 25.1 Å². The Labute approximate surface area is 145 Å². The fourth-order valence-corrected chi connectivity index (χ4v) is 2.26. The number of para-hydroxylation sites is 1. The number of ether oxygens (including phenoxy) is 3. The van der Waals surface area contributed by atoms with Crippen molar-refractivity contribution in [2.45, 2.75) is 6.92 Å². The number of nitrogens with one attached hydrogen (secondary N) is 1. The number of aromatic carboxylic acids is 1. The number of benzene rings is 2. The lowest BCUT2D eigenvalue weighted by Crippen LogP contribution is -2.23. The third kappa shape index (κ3) is 4.00. The van der Waals surface area contributed by atoms with E-state index in [0.717, 1.165) is 5.56 Å². The summed E-state index contributed by atoms with van der Waals surface area (Å²) >= 11 is 0. The Bertz CT molecular complexity index is 777. The zero-order valence-electron chi connectivity index (χ0n) is 14.5. The van der Waals surface area contributed by atoms with Crippen molar-refractivity contribution in [1.82, 2.24) is 0 Å². The molecule has 0 amide bonds. The van der Waals surface area contributed by atoms with Gasteiger partial charge in [0.15, 0.2) is 11.5 Å². The standard InChI is InChI=1S/C18H20N2O5/c1-11(19-20-14-8-6-5-7-13(14)18(21)22)12-9-15(23-2)17(25-4)16(10-12)24-3/h5-10,20H,1-4H3,(H,21,22)/p-1/b19-11-. The average Bonchev–Trinajstić information content (AvgIpc) is 2.64. The van der Waals surface area contributed by atoms with Gasteiger partial charge < -0.3 is 24.1 Å². The monoisotopic (exact) mass is 343 g/mol. The number of rotatable bonds is 7. The van der Waals surface area contributed by atoms with Crippen LogP contribution in [0.25, 0.3) is 0 Å². The third-order valence-corrected chi connectivity index (χ3v) is 3.57. The van der Waals surface area contributed by atoms with E-state index < -0.39 is 5.97 Å². The first-order chi connectivity index (χ1) is 12.0. The van der Waals surface area contributed by atoms with E-state index in [4.69, 9.17) is 14.2 Å². The molecule has 132 valence electrons. The van der Waals surface area contributed by atoms with Gasteiger partial charge in [-0.1, -0.05) is 18.2 Å². The summed E-state index contributed by atoms with van der Waals surface area (Å²) in [6, 6.07) is 9.89. The van der Waals surface area contributed by atoms with Gasteiger partial charge in [0.05, 0.1) is 38.7 Å². The smallest absolute Gasteiger partial charge is 0.203 e. The average molecular weight is 343 g/mol. The molecular formula is C18H19N2O5-. The molecule has 2 aromatic carbocycles. The molecule has 0 aliphatic carbocycles. The van der Waals surface area contributed by atoms with Crippen LogP contribution in [-0.2, 0) is 0 Å². The molecular weight excluding hydrogens is 324 g/mol. The summed E-state index contributed by atoms with van der Waals surface area (Å²) in [6.45, 7) is 1.77. The van der Waals surface area contributed by atoms with Crippen molar-refractivity contribution in [3.63, 3.8) is 0 Å². The van der Waals surface area contributed by atoms with Crippen molar-refractivity contribution in [1.29, 1.82) is 0 Å². The van der Waals surface area contributed by atoms with E-state index in [1.54, 1.807) is 37.3 Å². The van der Waals surface area contributed by atoms with Crippen LogP contribution >= 0.6 is 0 Å². The van der Waals surface area contributed by atoms with Crippen LogP contribution in [0.1, 0.15) is 22.8 Å². The number of nitrogens with zero attached hydrogens (tertiary/aromatic N) is 1. The van der Waals surface area contributed by atoms with Crippen molar-refractivity contribution in [2.75, 3.05) is 26.8 Å². The zero-order chi connectivity index (χ0) is 18.4. The summed E-state index contributed by atoms with van der Waals surface area (Å²) in [5.74, 6) is 0.212. The Morgan fingerprint density at radius 3 is 2.16 bits per heavy atom. The van der Waals surface area contributed by atoms with Gasteiger partial charge >= 0.3 is 0 Å². The summed E-state index contributed by atoms with van der Waals surface area (Å²) in [6.07, 6.45) is 0. The molecule has 7 heteroatoms. The fourth-order valence-electron chi connectivity index (χ4n) is 2.26. The van der Waals surface area contributed by atoms with Crippen molar-refractivity contribution in [2.24, 2.45) is 5.10 Å². The number of carbonyl (C=O) groups excluding carboxylic acids is 1. The quantitative estimate of drug-likeness (QED) is 0.610. The maximum atomic E-state index is 11.1. The molecule has 0 radical (unpaired) electrons. The minimum atomic E-state index is -1.27. The minimum Gasteiger partial charge on any atom is -0.545 e. The second kappa shape index (κ2) is 8.05. The Morgan fingerprint density at radius 2 is 1.64 bits per heavy atom. The molecule has 1 N–H and O–H groups in total. The molecule has 0 bridgehead atoms. The van der Waals surface area contributed by atoms with Crippen molar-refractivity contribution in [3.05, 3.63) is 47.5 Å². The molecule has 0 aliphatic rings. The molecule has 0 atom stereocenters. The Kier molecular flexibility index (Phi) is 5.84. The number of hydrazone groups is 1. The van der Waals surface area contributed by atoms with Crippen LogP contribution in [0.3, 0.4) is 0 Å². The number of carboxylic acid groups (broad SMARTS) is 1. The number of methoxy groups -OCH3 is 3. The van der Waals surface area contributed by atoms with E-state index in [0.29, 0.717) is 28.6 Å². The maximum absolute atomic E-state index is 11.1. The fraction of sp³-hybridized carbons (Fsp3) is 0.222. The zero-order valence-corrected chi connectivity index (χ0v) is 14.5. The minimum absolute atomic E-state index is 0.0314. The van der Waals surface area contributed by atoms with Gasteiger partial charge in [0, 0.05) is 11.1 Å². The Hall–Kier alpha value is -3.22. The molecule has 0 saturated heterocycles. The summed E-state index contributed by atoms with van der Waals surface area (Å²) in [5.41, 5.74) is 4.46. The van der Waals surface area contributed by atoms with Crippen LogP contribution in [0.2, 0.25) is 0 Å². The summed E-state index contributed by atoms with van der Waals surface area (Å²) in [7, 11) is 4.59. The van der Waals surface area contributed by atoms with E-state index in [-0.39, 0.29) is 5.56 Å². The van der Waals surface area contributed by atoms with Crippen LogP contribution in [0.4, 0.5) is 5.69 Å². The number of hydrogen-bond acceptors (Lipinski definition) is 7. The topological polar surface area (TPSA) is 92.2 Å². The highest BCUT2D eigenvalue weighted by Gasteiger charge is 2.14. The van der Waals surface area contributed by atoms with E-state index in [1.165, 1.54) is 27.4 Å². The highest BCUT2D eigenvalue weighted by Crippen LogP contribution is 2.38. The molecule has 0 unspecified atom stereocenters. The first-order valence-corrected chi connectivity index (χ1v) is 7.42. The normalized spacial score (nSPS) is 11.0. The van der Waals surface area contributed by atoms with Crippen molar-refractivity contribution in [3.8, 4) is 17.2 Å². The van der Waals surface area contributed by atoms with Crippen LogP contribution in [-0.4, -0.2) is 33.0 Å². The Morgan fingerprint density at radius 1 is 1.04 bits per heavy atom. The third-order valence-electron chi connectivity index (χ3n) is 3.57. The van der Waals surface area contributed by atoms with E-state index in [2.05, 4.69) is 10.5 Å². The van der Waals surface area contributed by atoms with Crippen molar-refractivity contribution >= 4 is 17.4 Å². The molecule has 0 spiro atoms. The first-order valence-electron chi connectivity index (χ1n) is 7.42. The molecule has 7 nitrogen and oxygen atoms in total. The molecule has 0 aliphatic heterocycles. The lowest BCUT2D eigenvalue weighted by Gasteiger charge is -2.14. The summed E-state index contributed by atoms with van der Waals surface area (Å²) < 4.78 is 15.9. The molecule has 2 rings (SSSR count). The van der Waals surface area contributed by atoms with Gasteiger partial charge in [-0.3, -0.25) is 5.43 Å². The highest BCUT2D eigenvalue weighted by molar-refractivity contribution is 6.00. The van der Waals surface area contributed by atoms with Crippen molar-refractivity contribution < 1.29 is 24.1 Å². The van der Waals surface area contributed by atoms with E-state index in [1.807, 2.05) is 0 Å². The van der Waals surface area contributed by atoms with Crippen LogP contribution < -0.4 is 24.7 Å². The van der Waals surface area contributed by atoms with Gasteiger partial charge in [-0.25, -0.2) is 0 Å². The maximum Gasteiger partial charge on any atom is 0.203 e. The lowest BCUT2D eigenvalue weighted by molar-refractivity contribution is -0.254. The van der Waals surface area contributed by atoms with Gasteiger partial charge in [0.25, 0.3) is 0 Å². The van der Waals surface area contributed by atoms with E-state index in [9.17, 15) is 9.90 Å². The number of anilines is 1. The number of hydrogen-bond donors (Lipinski definition) is 1. The second-order valence-corrected chi connectivity index (χ2v) is 5.06. The molecule has 25 heavy (non-hydrogen) atoms. The lowest BCUT2D eigenvalue weighted by atomic mass is 10.1. The predicted octanol–water partition coefficient (Wildman–Crippen LogP) is 1.91. The van der Waals surface area contributed by atoms with Crippen LogP contribution in [0.5, 0.6) is 17.2 Å². The summed E-state index contributed by atoms with van der Waals surface area (Å²) in [5, 5.41) is 15.4. The first kappa shape index (κ1) is 18.1. The molecule has 0 heterocycles. The summed E-state index contributed by atoms with van der Waals surface area (Å²) in [4.78, 5) is 11.1. The van der Waals surface area contributed by atoms with E-state index >= 15 is 0 Å². The second-order valence-electron chi connectivity index (χ2n) is 5.06. The van der Waals surface area contributed by atoms with Gasteiger partial charge in [-0.15, -0.1) is 0 Å². The molecule has 0 fully saturated rings. The number of carboxylic acids is 1. The number of carbonyl (C=O) groups is 1. The van der Waals surface area contributed by atoms with Gasteiger partial charge in [-0.2, -0.15) is 5.10 Å². The molecule has 0 saturated carbocycles. The van der Waals surface area contributed by atoms with Gasteiger partial charge in [0.1, 0.15) is 0 Å². The SMILES string of the molecule is COc1cc(/C(C)=N\Nc2ccccc2C(=O)[O-])cc(OC)c1OC. The molecule has 0 aromatic heterocycles. The largest absolute Gasteiger partial charge is 0.545 e. The molecule has 2 aromatic rings. The van der Waals surface area contributed by atoms with Crippen LogP contribution in [0, 0.1) is 0 Å². The Balaban J connectivity index is 2.36. The highest BCUT2D eigenvalue weighted by atomic mass is 16.5. The predicted molar refractivity (Wildman–Crippen MR) is 92.7 cm³/mol. The van der Waals surface area contributed by atoms with Crippen LogP contribution in [0.15, 0.2) is 41.5 Å².